The summed E-state index contributed by atoms with van der Waals surface area (Å²) < 4.78 is 7.05. The third kappa shape index (κ3) is 1.65. The van der Waals surface area contributed by atoms with E-state index in [-0.39, 0.29) is 0 Å². The molecule has 0 amide bonds. The molecule has 0 aromatic carbocycles. The number of rotatable bonds is 3. The van der Waals surface area contributed by atoms with Crippen LogP contribution in [0.3, 0.4) is 0 Å². The molecule has 0 saturated heterocycles. The molecule has 3 aromatic heterocycles. The number of aromatic nitrogens is 5. The number of anilines is 2. The zero-order valence-electron chi connectivity index (χ0n) is 10.0. The van der Waals surface area contributed by atoms with Gasteiger partial charge in [0.2, 0.25) is 0 Å². The Morgan fingerprint density at radius 2 is 2.28 bits per heavy atom. The van der Waals surface area contributed by atoms with Gasteiger partial charge in [0.1, 0.15) is 11.6 Å². The highest BCUT2D eigenvalue weighted by molar-refractivity contribution is 5.84. The summed E-state index contributed by atoms with van der Waals surface area (Å²) in [5, 5.41) is 14.8. The zero-order chi connectivity index (χ0) is 12.5. The van der Waals surface area contributed by atoms with E-state index >= 15 is 0 Å². The molecule has 0 bridgehead atoms. The predicted octanol–water partition coefficient (Wildman–Crippen LogP) is 1.44. The van der Waals surface area contributed by atoms with Crippen molar-refractivity contribution in [3.8, 4) is 5.75 Å². The Morgan fingerprint density at radius 1 is 1.39 bits per heavy atom. The van der Waals surface area contributed by atoms with Gasteiger partial charge in [0.05, 0.1) is 30.6 Å². The van der Waals surface area contributed by atoms with Crippen molar-refractivity contribution in [3.63, 3.8) is 0 Å². The molecular weight excluding hydrogens is 232 g/mol. The van der Waals surface area contributed by atoms with E-state index < -0.39 is 0 Å². The van der Waals surface area contributed by atoms with Crippen LogP contribution in [-0.4, -0.2) is 32.1 Å². The van der Waals surface area contributed by atoms with Crippen molar-refractivity contribution >= 4 is 22.5 Å². The first kappa shape index (κ1) is 10.6. The number of ether oxygens (including phenoxy) is 1. The number of hydrogen-bond donors (Lipinski definition) is 2. The normalized spacial score (nSPS) is 10.8. The lowest BCUT2D eigenvalue weighted by molar-refractivity contribution is 0.419. The van der Waals surface area contributed by atoms with Gasteiger partial charge in [-0.2, -0.15) is 10.2 Å². The second-order valence-corrected chi connectivity index (χ2v) is 3.83. The summed E-state index contributed by atoms with van der Waals surface area (Å²) >= 11 is 0. The third-order valence-corrected chi connectivity index (χ3v) is 2.66. The lowest BCUT2D eigenvalue weighted by atomic mass is 10.3. The van der Waals surface area contributed by atoms with E-state index in [0.29, 0.717) is 5.82 Å². The van der Waals surface area contributed by atoms with Gasteiger partial charge in [-0.1, -0.05) is 0 Å². The van der Waals surface area contributed by atoms with Crippen molar-refractivity contribution in [1.29, 1.82) is 0 Å². The lowest BCUT2D eigenvalue weighted by Gasteiger charge is -2.07. The first-order valence-corrected chi connectivity index (χ1v) is 5.40. The predicted molar refractivity (Wildman–Crippen MR) is 66.9 cm³/mol. The van der Waals surface area contributed by atoms with Gasteiger partial charge in [-0.25, -0.2) is 4.98 Å². The zero-order valence-corrected chi connectivity index (χ0v) is 10.0. The Balaban J connectivity index is 2.09. The summed E-state index contributed by atoms with van der Waals surface area (Å²) in [5.74, 6) is 1.42. The number of H-pyrrole nitrogens is 1. The number of fused-ring (bicyclic) bond motifs is 1. The van der Waals surface area contributed by atoms with E-state index in [1.165, 1.54) is 0 Å². The van der Waals surface area contributed by atoms with Gasteiger partial charge in [0.25, 0.3) is 0 Å². The van der Waals surface area contributed by atoms with Crippen molar-refractivity contribution in [2.45, 2.75) is 0 Å². The molecule has 7 nitrogen and oxygen atoms in total. The Kier molecular flexibility index (Phi) is 2.36. The molecule has 0 spiro atoms. The standard InChI is InChI=1S/C11H12N6O/c1-17-11-8(6-14-17)9(18-2)3-10(16-11)15-7-4-12-13-5-7/h3-6H,1-2H3,(H,12,13)(H,15,16). The topological polar surface area (TPSA) is 80.7 Å². The van der Waals surface area contributed by atoms with Gasteiger partial charge in [0.15, 0.2) is 5.65 Å². The molecule has 18 heavy (non-hydrogen) atoms. The summed E-state index contributed by atoms with van der Waals surface area (Å²) in [6.45, 7) is 0. The SMILES string of the molecule is COc1cc(Nc2cn[nH]c2)nc2c1cnn2C. The molecule has 3 rings (SSSR count). The number of pyridine rings is 1. The molecule has 7 heteroatoms. The van der Waals surface area contributed by atoms with Gasteiger partial charge >= 0.3 is 0 Å². The van der Waals surface area contributed by atoms with Crippen molar-refractivity contribution in [2.24, 2.45) is 7.05 Å². The maximum atomic E-state index is 5.34. The molecule has 0 aliphatic carbocycles. The monoisotopic (exact) mass is 244 g/mol. The van der Waals surface area contributed by atoms with Crippen LogP contribution in [0.4, 0.5) is 11.5 Å². The van der Waals surface area contributed by atoms with Gasteiger partial charge in [-0.3, -0.25) is 9.78 Å². The molecular formula is C11H12N6O. The van der Waals surface area contributed by atoms with Crippen molar-refractivity contribution < 1.29 is 4.74 Å². The Hall–Kier alpha value is -2.57. The van der Waals surface area contributed by atoms with Gasteiger partial charge in [-0.15, -0.1) is 0 Å². The van der Waals surface area contributed by atoms with Crippen LogP contribution in [0.1, 0.15) is 0 Å². The second kappa shape index (κ2) is 4.02. The van der Waals surface area contributed by atoms with E-state index in [2.05, 4.69) is 25.6 Å². The van der Waals surface area contributed by atoms with Crippen LogP contribution in [-0.2, 0) is 7.05 Å². The molecule has 0 unspecified atom stereocenters. The summed E-state index contributed by atoms with van der Waals surface area (Å²) in [6.07, 6.45) is 5.17. The van der Waals surface area contributed by atoms with Crippen LogP contribution in [0.15, 0.2) is 24.7 Å². The summed E-state index contributed by atoms with van der Waals surface area (Å²) in [4.78, 5) is 4.49. The Morgan fingerprint density at radius 3 is 3.00 bits per heavy atom. The van der Waals surface area contributed by atoms with Gasteiger partial charge in [-0.05, 0) is 0 Å². The maximum absolute atomic E-state index is 5.34. The van der Waals surface area contributed by atoms with Crippen LogP contribution in [0.5, 0.6) is 5.75 Å². The van der Waals surface area contributed by atoms with Crippen LogP contribution >= 0.6 is 0 Å². The fourth-order valence-electron chi connectivity index (χ4n) is 1.79. The largest absolute Gasteiger partial charge is 0.496 e. The van der Waals surface area contributed by atoms with E-state index in [4.69, 9.17) is 4.74 Å². The molecule has 0 radical (unpaired) electrons. The van der Waals surface area contributed by atoms with Crippen molar-refractivity contribution in [2.75, 3.05) is 12.4 Å². The maximum Gasteiger partial charge on any atom is 0.163 e. The number of aromatic amines is 1. The van der Waals surface area contributed by atoms with Crippen molar-refractivity contribution in [3.05, 3.63) is 24.7 Å². The van der Waals surface area contributed by atoms with Crippen molar-refractivity contribution in [1.82, 2.24) is 25.0 Å². The molecule has 0 fully saturated rings. The fourth-order valence-corrected chi connectivity index (χ4v) is 1.79. The quantitative estimate of drug-likeness (QED) is 0.728. The molecule has 0 aliphatic rings. The molecule has 3 aromatic rings. The molecule has 3 heterocycles. The van der Waals surface area contributed by atoms with E-state index in [0.717, 1.165) is 22.5 Å². The number of nitrogens with zero attached hydrogens (tertiary/aromatic N) is 4. The molecule has 92 valence electrons. The minimum absolute atomic E-state index is 0.685. The number of hydrogen-bond acceptors (Lipinski definition) is 5. The lowest BCUT2D eigenvalue weighted by Crippen LogP contribution is -1.98. The number of aryl methyl sites for hydroxylation is 1. The first-order chi connectivity index (χ1) is 8.78. The van der Waals surface area contributed by atoms with Crippen LogP contribution in [0, 0.1) is 0 Å². The molecule has 0 aliphatic heterocycles. The fraction of sp³-hybridized carbons (Fsp3) is 0.182. The van der Waals surface area contributed by atoms with Crippen LogP contribution in [0.2, 0.25) is 0 Å². The van der Waals surface area contributed by atoms with Gasteiger partial charge in [0, 0.05) is 19.3 Å². The summed E-state index contributed by atoms with van der Waals surface area (Å²) in [7, 11) is 3.47. The van der Waals surface area contributed by atoms with Crippen LogP contribution < -0.4 is 10.1 Å². The average Bonchev–Trinajstić information content (AvgIpc) is 3.00. The third-order valence-electron chi connectivity index (χ3n) is 2.66. The number of methoxy groups -OCH3 is 1. The highest BCUT2D eigenvalue weighted by Gasteiger charge is 2.10. The van der Waals surface area contributed by atoms with Gasteiger partial charge < -0.3 is 10.1 Å². The summed E-state index contributed by atoms with van der Waals surface area (Å²) in [6, 6.07) is 1.83. The first-order valence-electron chi connectivity index (χ1n) is 5.40. The second-order valence-electron chi connectivity index (χ2n) is 3.83. The van der Waals surface area contributed by atoms with E-state index in [1.54, 1.807) is 30.4 Å². The van der Waals surface area contributed by atoms with E-state index in [1.807, 2.05) is 13.1 Å². The highest BCUT2D eigenvalue weighted by Crippen LogP contribution is 2.27. The van der Waals surface area contributed by atoms with E-state index in [9.17, 15) is 0 Å². The average molecular weight is 244 g/mol. The molecule has 0 atom stereocenters. The summed E-state index contributed by atoms with van der Waals surface area (Å²) in [5.41, 5.74) is 1.60. The minimum Gasteiger partial charge on any atom is -0.496 e. The number of nitrogens with one attached hydrogen (secondary N) is 2. The Bertz CT molecular complexity index is 672. The molecule has 0 saturated carbocycles. The van der Waals surface area contributed by atoms with Crippen LogP contribution in [0.25, 0.3) is 11.0 Å². The highest BCUT2D eigenvalue weighted by atomic mass is 16.5. The minimum atomic E-state index is 0.685. The Labute approximate surface area is 103 Å². The molecule has 2 N–H and O–H groups in total. The smallest absolute Gasteiger partial charge is 0.163 e.